The van der Waals surface area contributed by atoms with E-state index in [1.165, 1.54) is 16.9 Å². The molecule has 2 aromatic heterocycles. The lowest BCUT2D eigenvalue weighted by Gasteiger charge is -2.47. The molecule has 3 heterocycles. The van der Waals surface area contributed by atoms with Gasteiger partial charge < -0.3 is 20.5 Å². The molecule has 0 radical (unpaired) electrons. The molecule has 1 amide bonds. The number of nitrogens with one attached hydrogen (secondary N) is 2. The lowest BCUT2D eigenvalue weighted by Crippen LogP contribution is -2.52. The zero-order valence-corrected chi connectivity index (χ0v) is 24.9. The molecule has 3 aromatic rings. The Morgan fingerprint density at radius 2 is 2.00 bits per heavy atom. The second kappa shape index (κ2) is 12.0. The first-order valence-corrected chi connectivity index (χ1v) is 15.3. The summed E-state index contributed by atoms with van der Waals surface area (Å²) in [6.45, 7) is 8.97. The smallest absolute Gasteiger partial charge is 0.226 e. The second-order valence-electron chi connectivity index (χ2n) is 12.7. The van der Waals surface area contributed by atoms with Gasteiger partial charge in [-0.3, -0.25) is 4.79 Å². The lowest BCUT2D eigenvalue weighted by molar-refractivity contribution is -0.122. The van der Waals surface area contributed by atoms with Crippen LogP contribution in [0, 0.1) is 12.3 Å². The van der Waals surface area contributed by atoms with Crippen LogP contribution in [0.3, 0.4) is 0 Å². The minimum absolute atomic E-state index is 0.0252. The fraction of sp³-hybridized carbons (Fsp3) is 0.531. The van der Waals surface area contributed by atoms with Crippen LogP contribution in [0.4, 0.5) is 0 Å². The van der Waals surface area contributed by atoms with Crippen LogP contribution in [0.25, 0.3) is 0 Å². The Morgan fingerprint density at radius 3 is 2.65 bits per heavy atom. The van der Waals surface area contributed by atoms with Gasteiger partial charge in [0.25, 0.3) is 0 Å². The van der Waals surface area contributed by atoms with E-state index in [1.54, 1.807) is 0 Å². The summed E-state index contributed by atoms with van der Waals surface area (Å²) in [7, 11) is 0. The van der Waals surface area contributed by atoms with Gasteiger partial charge in [-0.2, -0.15) is 0 Å². The van der Waals surface area contributed by atoms with E-state index >= 15 is 0 Å². The molecule has 3 N–H and O–H groups in total. The van der Waals surface area contributed by atoms with E-state index in [1.807, 2.05) is 48.8 Å². The molecule has 1 saturated carbocycles. The summed E-state index contributed by atoms with van der Waals surface area (Å²) in [6, 6.07) is 11.8. The first-order chi connectivity index (χ1) is 19.1. The predicted molar refractivity (Wildman–Crippen MR) is 159 cm³/mol. The average molecular weight is 563 g/mol. The zero-order chi connectivity index (χ0) is 28.3. The number of aliphatic hydroxyl groups is 1. The van der Waals surface area contributed by atoms with E-state index in [2.05, 4.69) is 42.5 Å². The highest BCUT2D eigenvalue weighted by molar-refractivity contribution is 7.09. The number of benzene rings is 1. The number of carbonyl (C=O) groups excluding carboxylic acids is 1. The number of pyridine rings is 1. The third kappa shape index (κ3) is 7.28. The summed E-state index contributed by atoms with van der Waals surface area (Å²) in [4.78, 5) is 22.1. The highest BCUT2D eigenvalue weighted by atomic mass is 32.1. The molecule has 1 spiro atoms. The molecular formula is C32H42N4O3S. The summed E-state index contributed by atoms with van der Waals surface area (Å²) < 4.78 is 6.44. The molecule has 1 aliphatic heterocycles. The maximum absolute atomic E-state index is 13.0. The molecule has 214 valence electrons. The van der Waals surface area contributed by atoms with Crippen molar-refractivity contribution in [2.45, 2.75) is 96.4 Å². The monoisotopic (exact) mass is 562 g/mol. The van der Waals surface area contributed by atoms with Gasteiger partial charge in [-0.1, -0.05) is 51.1 Å². The highest BCUT2D eigenvalue weighted by Gasteiger charge is 2.46. The summed E-state index contributed by atoms with van der Waals surface area (Å²) in [6.07, 6.45) is 6.91. The second-order valence-corrected chi connectivity index (χ2v) is 13.8. The van der Waals surface area contributed by atoms with Crippen LogP contribution in [0.5, 0.6) is 5.88 Å². The third-order valence-electron chi connectivity index (χ3n) is 7.89. The van der Waals surface area contributed by atoms with Crippen molar-refractivity contribution >= 4 is 17.2 Å². The number of hydrogen-bond acceptors (Lipinski definition) is 7. The molecule has 8 heteroatoms. The van der Waals surface area contributed by atoms with Crippen molar-refractivity contribution in [3.8, 4) is 5.88 Å². The van der Waals surface area contributed by atoms with Crippen LogP contribution in [0.1, 0.15) is 79.9 Å². The Morgan fingerprint density at radius 1 is 1.23 bits per heavy atom. The predicted octanol–water partition coefficient (Wildman–Crippen LogP) is 5.10. The van der Waals surface area contributed by atoms with E-state index < -0.39 is 12.1 Å². The van der Waals surface area contributed by atoms with E-state index in [0.717, 1.165) is 53.9 Å². The molecule has 0 unspecified atom stereocenters. The molecule has 2 aliphatic rings. The Labute approximate surface area is 241 Å². The molecular weight excluding hydrogens is 520 g/mol. The standard InChI is InChI=1S/C32H42N4O3S/c1-21-35-24(20-40-21)15-29(38)36-26(14-22-9-6-5-7-10-22)28(37)19-33-27-17-32(11-8-12-32)39-30-25(27)13-23(18-34-30)16-31(2,3)4/h5-7,9-10,13,18,20,26-28,33,37H,8,11-12,14-17,19H2,1-4H3,(H,36,38)/t26-,27-,28-/m0/s1. The largest absolute Gasteiger partial charge is 0.471 e. The van der Waals surface area contributed by atoms with E-state index in [4.69, 9.17) is 9.72 Å². The zero-order valence-electron chi connectivity index (χ0n) is 24.1. The summed E-state index contributed by atoms with van der Waals surface area (Å²) in [5.41, 5.74) is 4.07. The number of fused-ring (bicyclic) bond motifs is 1. The summed E-state index contributed by atoms with van der Waals surface area (Å²) in [5, 5.41) is 21.0. The van der Waals surface area contributed by atoms with Crippen molar-refractivity contribution in [3.63, 3.8) is 0 Å². The molecule has 1 aliphatic carbocycles. The van der Waals surface area contributed by atoms with Crippen LogP contribution < -0.4 is 15.4 Å². The molecule has 1 aromatic carbocycles. The number of aryl methyl sites for hydroxylation is 1. The Hall–Kier alpha value is -2.81. The fourth-order valence-electron chi connectivity index (χ4n) is 5.82. The molecule has 7 nitrogen and oxygen atoms in total. The number of aliphatic hydroxyl groups excluding tert-OH is 1. The summed E-state index contributed by atoms with van der Waals surface area (Å²) in [5.74, 6) is 0.578. The normalized spacial score (nSPS) is 19.3. The molecule has 3 atom stereocenters. The van der Waals surface area contributed by atoms with Gasteiger partial charge in [0.05, 0.1) is 29.3 Å². The number of thiazole rings is 1. The average Bonchev–Trinajstić information content (AvgIpc) is 3.29. The van der Waals surface area contributed by atoms with E-state index in [-0.39, 0.29) is 29.4 Å². The van der Waals surface area contributed by atoms with Crippen LogP contribution in [0.2, 0.25) is 0 Å². The molecule has 0 bridgehead atoms. The topological polar surface area (TPSA) is 96.4 Å². The van der Waals surface area contributed by atoms with Crippen molar-refractivity contribution < 1.29 is 14.6 Å². The van der Waals surface area contributed by atoms with Gasteiger partial charge in [0.15, 0.2) is 0 Å². The van der Waals surface area contributed by atoms with Gasteiger partial charge in [-0.05, 0) is 61.6 Å². The number of amides is 1. The van der Waals surface area contributed by atoms with Gasteiger partial charge >= 0.3 is 0 Å². The van der Waals surface area contributed by atoms with Crippen LogP contribution in [0.15, 0.2) is 48.0 Å². The van der Waals surface area contributed by atoms with Crippen LogP contribution in [-0.4, -0.2) is 45.3 Å². The molecule has 5 rings (SSSR count). The first-order valence-electron chi connectivity index (χ1n) is 14.4. The van der Waals surface area contributed by atoms with Gasteiger partial charge in [0.2, 0.25) is 11.8 Å². The maximum atomic E-state index is 13.0. The number of aromatic nitrogens is 2. The van der Waals surface area contributed by atoms with Crippen molar-refractivity contribution in [2.24, 2.45) is 5.41 Å². The van der Waals surface area contributed by atoms with Crippen molar-refractivity contribution in [3.05, 3.63) is 75.4 Å². The number of hydrogen-bond donors (Lipinski definition) is 3. The minimum atomic E-state index is -0.782. The number of nitrogens with zero attached hydrogens (tertiary/aromatic N) is 2. The Kier molecular flexibility index (Phi) is 8.59. The van der Waals surface area contributed by atoms with Gasteiger partial charge in [-0.25, -0.2) is 9.97 Å². The van der Waals surface area contributed by atoms with Gasteiger partial charge in [0, 0.05) is 36.1 Å². The van der Waals surface area contributed by atoms with Gasteiger partial charge in [0.1, 0.15) is 5.60 Å². The first kappa shape index (κ1) is 28.7. The van der Waals surface area contributed by atoms with Crippen molar-refractivity contribution in [2.75, 3.05) is 6.54 Å². The van der Waals surface area contributed by atoms with Crippen molar-refractivity contribution in [1.82, 2.24) is 20.6 Å². The lowest BCUT2D eigenvalue weighted by atomic mass is 9.73. The number of ether oxygens (including phenoxy) is 1. The van der Waals surface area contributed by atoms with Gasteiger partial charge in [-0.15, -0.1) is 11.3 Å². The fourth-order valence-corrected chi connectivity index (χ4v) is 6.43. The minimum Gasteiger partial charge on any atom is -0.471 e. The van der Waals surface area contributed by atoms with Crippen LogP contribution >= 0.6 is 11.3 Å². The molecule has 0 saturated heterocycles. The number of carbonyl (C=O) groups is 1. The van der Waals surface area contributed by atoms with Crippen LogP contribution in [-0.2, 0) is 24.1 Å². The van der Waals surface area contributed by atoms with E-state index in [9.17, 15) is 9.90 Å². The maximum Gasteiger partial charge on any atom is 0.226 e. The number of rotatable bonds is 10. The SMILES string of the molecule is Cc1nc(CC(=O)N[C@@H](Cc2ccccc2)[C@@H](O)CN[C@H]2CC3(CCC3)Oc3ncc(CC(C)(C)C)cc32)cs1. The molecule has 40 heavy (non-hydrogen) atoms. The van der Waals surface area contributed by atoms with Crippen molar-refractivity contribution in [1.29, 1.82) is 0 Å². The quantitative estimate of drug-likeness (QED) is 0.318. The summed E-state index contributed by atoms with van der Waals surface area (Å²) >= 11 is 1.54. The van der Waals surface area contributed by atoms with E-state index in [0.29, 0.717) is 18.8 Å². The Bertz CT molecular complexity index is 1300. The molecule has 1 fully saturated rings. The Balaban J connectivity index is 1.31. The third-order valence-corrected chi connectivity index (χ3v) is 8.71. The highest BCUT2D eigenvalue weighted by Crippen LogP contribution is 2.48.